The van der Waals surface area contributed by atoms with Crippen LogP contribution in [0.5, 0.6) is 0 Å². The molecule has 1 nitrogen and oxygen atoms in total. The Kier molecular flexibility index (Phi) is 2.31. The molecule has 0 spiro atoms. The van der Waals surface area contributed by atoms with Gasteiger partial charge in [0.2, 0.25) is 0 Å². The van der Waals surface area contributed by atoms with E-state index < -0.39 is 0 Å². The second-order valence-electron chi connectivity index (χ2n) is 2.42. The normalized spacial score (nSPS) is 10.8. The molecule has 0 fully saturated rings. The standard InChI is InChI=1S/C8H5BrINS/c9-7-5-2-1-4(10)3-6(5)12-8(7)11/h1-3H,11H2. The van der Waals surface area contributed by atoms with E-state index in [9.17, 15) is 0 Å². The van der Waals surface area contributed by atoms with Crippen LogP contribution < -0.4 is 5.73 Å². The molecule has 12 heavy (non-hydrogen) atoms. The summed E-state index contributed by atoms with van der Waals surface area (Å²) in [5.41, 5.74) is 5.77. The lowest BCUT2D eigenvalue weighted by atomic mass is 10.3. The molecule has 0 unspecified atom stereocenters. The van der Waals surface area contributed by atoms with Gasteiger partial charge in [-0.15, -0.1) is 11.3 Å². The van der Waals surface area contributed by atoms with Crippen LogP contribution in [0, 0.1) is 3.57 Å². The van der Waals surface area contributed by atoms with Crippen LogP contribution in [0.3, 0.4) is 0 Å². The van der Waals surface area contributed by atoms with E-state index in [0.717, 1.165) is 9.47 Å². The highest BCUT2D eigenvalue weighted by molar-refractivity contribution is 14.1. The van der Waals surface area contributed by atoms with Crippen molar-refractivity contribution in [2.75, 3.05) is 5.73 Å². The Morgan fingerprint density at radius 3 is 2.92 bits per heavy atom. The van der Waals surface area contributed by atoms with Gasteiger partial charge in [-0.3, -0.25) is 0 Å². The van der Waals surface area contributed by atoms with Crippen LogP contribution in [-0.2, 0) is 0 Å². The van der Waals surface area contributed by atoms with Crippen LogP contribution in [-0.4, -0.2) is 0 Å². The van der Waals surface area contributed by atoms with Gasteiger partial charge in [0.1, 0.15) is 5.00 Å². The third-order valence-corrected chi connectivity index (χ3v) is 4.39. The minimum Gasteiger partial charge on any atom is -0.390 e. The van der Waals surface area contributed by atoms with Gasteiger partial charge < -0.3 is 5.73 Å². The number of fused-ring (bicyclic) bond motifs is 1. The minimum absolute atomic E-state index is 0.854. The molecule has 62 valence electrons. The maximum absolute atomic E-state index is 5.77. The molecule has 0 aliphatic heterocycles. The topological polar surface area (TPSA) is 26.0 Å². The second kappa shape index (κ2) is 3.16. The van der Waals surface area contributed by atoms with Crippen LogP contribution in [0.25, 0.3) is 10.1 Å². The van der Waals surface area contributed by atoms with Crippen molar-refractivity contribution < 1.29 is 0 Å². The number of nitrogens with two attached hydrogens (primary N) is 1. The first-order valence-corrected chi connectivity index (χ1v) is 6.00. The van der Waals surface area contributed by atoms with Crippen molar-refractivity contribution in [3.8, 4) is 0 Å². The van der Waals surface area contributed by atoms with Crippen LogP contribution >= 0.6 is 49.9 Å². The van der Waals surface area contributed by atoms with Crippen molar-refractivity contribution >= 4 is 64.9 Å². The summed E-state index contributed by atoms with van der Waals surface area (Å²) in [6.07, 6.45) is 0. The van der Waals surface area contributed by atoms with Gasteiger partial charge in [0.05, 0.1) is 4.47 Å². The highest BCUT2D eigenvalue weighted by Gasteiger charge is 2.06. The second-order valence-corrected chi connectivity index (χ2v) is 5.54. The van der Waals surface area contributed by atoms with Crippen molar-refractivity contribution in [1.29, 1.82) is 0 Å². The lowest BCUT2D eigenvalue weighted by Gasteiger charge is -1.90. The molecule has 0 bridgehead atoms. The zero-order chi connectivity index (χ0) is 8.72. The molecule has 1 aromatic carbocycles. The molecule has 1 heterocycles. The average Bonchev–Trinajstić information content (AvgIpc) is 2.28. The third-order valence-electron chi connectivity index (χ3n) is 1.62. The van der Waals surface area contributed by atoms with Crippen LogP contribution in [0.1, 0.15) is 0 Å². The lowest BCUT2D eigenvalue weighted by Crippen LogP contribution is -1.76. The molecule has 2 N–H and O–H groups in total. The van der Waals surface area contributed by atoms with Crippen molar-refractivity contribution in [3.05, 3.63) is 26.2 Å². The zero-order valence-corrected chi connectivity index (χ0v) is 10.5. The number of rotatable bonds is 0. The SMILES string of the molecule is Nc1sc2cc(I)ccc2c1Br. The van der Waals surface area contributed by atoms with Gasteiger partial charge in [-0.1, -0.05) is 6.07 Å². The summed E-state index contributed by atoms with van der Waals surface area (Å²) in [4.78, 5) is 0. The summed E-state index contributed by atoms with van der Waals surface area (Å²) in [6.45, 7) is 0. The Balaban J connectivity index is 2.87. The molecule has 0 aliphatic carbocycles. The Labute approximate surface area is 96.2 Å². The Hall–Kier alpha value is 0.190. The molecule has 2 rings (SSSR count). The zero-order valence-electron chi connectivity index (χ0n) is 5.97. The number of hydrogen-bond donors (Lipinski definition) is 1. The van der Waals surface area contributed by atoms with E-state index in [0.29, 0.717) is 0 Å². The third kappa shape index (κ3) is 1.36. The van der Waals surface area contributed by atoms with Crippen LogP contribution in [0.2, 0.25) is 0 Å². The first-order valence-electron chi connectivity index (χ1n) is 3.31. The molecule has 4 heteroatoms. The van der Waals surface area contributed by atoms with Crippen molar-refractivity contribution in [2.45, 2.75) is 0 Å². The van der Waals surface area contributed by atoms with Gasteiger partial charge >= 0.3 is 0 Å². The number of halogens is 2. The van der Waals surface area contributed by atoms with Gasteiger partial charge in [0, 0.05) is 13.7 Å². The molecule has 0 radical (unpaired) electrons. The van der Waals surface area contributed by atoms with E-state index in [1.807, 2.05) is 0 Å². The van der Waals surface area contributed by atoms with Gasteiger partial charge in [-0.25, -0.2) is 0 Å². The molecule has 2 aromatic rings. The summed E-state index contributed by atoms with van der Waals surface area (Å²) < 4.78 is 3.51. The average molecular weight is 354 g/mol. The number of hydrogen-bond acceptors (Lipinski definition) is 2. The van der Waals surface area contributed by atoms with Gasteiger partial charge in [-0.2, -0.15) is 0 Å². The van der Waals surface area contributed by atoms with E-state index >= 15 is 0 Å². The summed E-state index contributed by atoms with van der Waals surface area (Å²) in [5.74, 6) is 0. The van der Waals surface area contributed by atoms with Crippen LogP contribution in [0.15, 0.2) is 22.7 Å². The highest BCUT2D eigenvalue weighted by atomic mass is 127. The maximum Gasteiger partial charge on any atom is 0.101 e. The summed E-state index contributed by atoms with van der Waals surface area (Å²) in [5, 5.41) is 2.06. The van der Waals surface area contributed by atoms with E-state index in [1.165, 1.54) is 13.7 Å². The maximum atomic E-state index is 5.77. The fourth-order valence-electron chi connectivity index (χ4n) is 1.06. The Morgan fingerprint density at radius 1 is 1.42 bits per heavy atom. The molecule has 0 amide bonds. The van der Waals surface area contributed by atoms with E-state index in [4.69, 9.17) is 5.73 Å². The number of nitrogen functional groups attached to an aromatic ring is 1. The molecular weight excluding hydrogens is 349 g/mol. The Bertz CT molecular complexity index is 438. The van der Waals surface area contributed by atoms with Gasteiger partial charge in [0.15, 0.2) is 0 Å². The largest absolute Gasteiger partial charge is 0.390 e. The quantitative estimate of drug-likeness (QED) is 0.715. The molecule has 0 saturated carbocycles. The lowest BCUT2D eigenvalue weighted by molar-refractivity contribution is 1.75. The van der Waals surface area contributed by atoms with Crippen molar-refractivity contribution in [2.24, 2.45) is 0 Å². The van der Waals surface area contributed by atoms with E-state index in [-0.39, 0.29) is 0 Å². The monoisotopic (exact) mass is 353 g/mol. The minimum atomic E-state index is 0.854. The molecule has 0 saturated heterocycles. The predicted molar refractivity (Wildman–Crippen MR) is 66.7 cm³/mol. The summed E-state index contributed by atoms with van der Waals surface area (Å²) >= 11 is 7.38. The van der Waals surface area contributed by atoms with E-state index in [1.54, 1.807) is 11.3 Å². The van der Waals surface area contributed by atoms with Crippen molar-refractivity contribution in [1.82, 2.24) is 0 Å². The fourth-order valence-corrected chi connectivity index (χ4v) is 3.38. The van der Waals surface area contributed by atoms with Crippen molar-refractivity contribution in [3.63, 3.8) is 0 Å². The predicted octanol–water partition coefficient (Wildman–Crippen LogP) is 3.85. The van der Waals surface area contributed by atoms with Gasteiger partial charge in [-0.05, 0) is 50.7 Å². The Morgan fingerprint density at radius 2 is 2.17 bits per heavy atom. The first-order chi connectivity index (χ1) is 5.68. The van der Waals surface area contributed by atoms with E-state index in [2.05, 4.69) is 56.7 Å². The summed E-state index contributed by atoms with van der Waals surface area (Å²) in [7, 11) is 0. The molecule has 0 aliphatic rings. The molecule has 1 aromatic heterocycles. The van der Waals surface area contributed by atoms with Crippen LogP contribution in [0.4, 0.5) is 5.00 Å². The fraction of sp³-hybridized carbons (Fsp3) is 0. The smallest absolute Gasteiger partial charge is 0.101 e. The number of anilines is 1. The first kappa shape index (κ1) is 8.77. The number of benzene rings is 1. The molecular formula is C8H5BrINS. The summed E-state index contributed by atoms with van der Waals surface area (Å²) in [6, 6.07) is 6.32. The highest BCUT2D eigenvalue weighted by Crippen LogP contribution is 2.37. The molecule has 0 atom stereocenters. The van der Waals surface area contributed by atoms with Gasteiger partial charge in [0.25, 0.3) is 0 Å². The number of thiophene rings is 1.